The molecule has 2 atom stereocenters. The molecule has 2 aromatic rings. The van der Waals surface area contributed by atoms with Gasteiger partial charge in [0.25, 0.3) is 5.09 Å². The molecule has 1 N–H and O–H groups in total. The number of rotatable bonds is 7. The maximum Gasteiger partial charge on any atom is 0.311 e. The molecule has 0 bridgehead atoms. The maximum atomic E-state index is 11.8. The van der Waals surface area contributed by atoms with Crippen LogP contribution in [-0.4, -0.2) is 27.8 Å². The first-order valence-electron chi connectivity index (χ1n) is 8.24. The summed E-state index contributed by atoms with van der Waals surface area (Å²) >= 11 is 5.93. The van der Waals surface area contributed by atoms with Gasteiger partial charge in [0.15, 0.2) is 0 Å². The van der Waals surface area contributed by atoms with E-state index < -0.39 is 17.0 Å². The fraction of sp³-hybridized carbons (Fsp3) is 0.333. The first-order valence-corrected chi connectivity index (χ1v) is 8.61. The lowest BCUT2D eigenvalue weighted by molar-refractivity contribution is -0.757. The van der Waals surface area contributed by atoms with Crippen molar-refractivity contribution >= 4 is 17.6 Å². The molecule has 1 aliphatic heterocycles. The zero-order valence-electron chi connectivity index (χ0n) is 14.4. The lowest BCUT2D eigenvalue weighted by Crippen LogP contribution is -2.19. The molecule has 0 spiro atoms. The standard InChI is InChI=1S/C18H17ClN2O6/c1-10-16(13(18(22)23)6-7-27-21(24)25)15-9-26-17(14(15)8-20-10)11-2-4-12(19)5-3-11/h2-5,8,13,17H,6-7,9H2,1H3,(H,22,23)/t13?,17-/m1/s1. The Balaban J connectivity index is 1.96. The largest absolute Gasteiger partial charge is 0.481 e. The third-order valence-electron chi connectivity index (χ3n) is 4.56. The van der Waals surface area contributed by atoms with Crippen LogP contribution in [0.2, 0.25) is 5.02 Å². The number of aromatic nitrogens is 1. The Labute approximate surface area is 159 Å². The third kappa shape index (κ3) is 4.01. The molecule has 0 saturated carbocycles. The molecule has 1 unspecified atom stereocenters. The molecule has 1 aliphatic rings. The number of halogens is 1. The van der Waals surface area contributed by atoms with Crippen LogP contribution in [0.25, 0.3) is 0 Å². The average molecular weight is 393 g/mol. The number of aryl methyl sites for hydroxylation is 1. The number of carbonyl (C=O) groups is 1. The van der Waals surface area contributed by atoms with Gasteiger partial charge in [0.05, 0.1) is 19.1 Å². The minimum absolute atomic E-state index is 0.0408. The van der Waals surface area contributed by atoms with E-state index in [0.717, 1.165) is 16.7 Å². The first kappa shape index (κ1) is 19.1. The minimum Gasteiger partial charge on any atom is -0.481 e. The summed E-state index contributed by atoms with van der Waals surface area (Å²) in [7, 11) is 0. The molecular weight excluding hydrogens is 376 g/mol. The molecule has 0 fully saturated rings. The lowest BCUT2D eigenvalue weighted by atomic mass is 9.88. The van der Waals surface area contributed by atoms with E-state index in [1.165, 1.54) is 0 Å². The monoisotopic (exact) mass is 392 g/mol. The topological polar surface area (TPSA) is 112 Å². The van der Waals surface area contributed by atoms with E-state index >= 15 is 0 Å². The second kappa shape index (κ2) is 7.89. The summed E-state index contributed by atoms with van der Waals surface area (Å²) < 4.78 is 5.90. The smallest absolute Gasteiger partial charge is 0.311 e. The van der Waals surface area contributed by atoms with Gasteiger partial charge < -0.3 is 14.7 Å². The summed E-state index contributed by atoms with van der Waals surface area (Å²) in [5.41, 5.74) is 3.53. The predicted octanol–water partition coefficient (Wildman–Crippen LogP) is 3.43. The lowest BCUT2D eigenvalue weighted by Gasteiger charge is -2.18. The minimum atomic E-state index is -1.09. The number of nitrogens with zero attached hydrogens (tertiary/aromatic N) is 2. The highest BCUT2D eigenvalue weighted by Gasteiger charge is 2.33. The van der Waals surface area contributed by atoms with Crippen LogP contribution in [0.15, 0.2) is 30.5 Å². The first-order chi connectivity index (χ1) is 12.9. The zero-order chi connectivity index (χ0) is 19.6. The second-order valence-corrected chi connectivity index (χ2v) is 6.61. The van der Waals surface area contributed by atoms with Gasteiger partial charge in [0.1, 0.15) is 6.10 Å². The molecule has 0 amide bonds. The summed E-state index contributed by atoms with van der Waals surface area (Å²) in [5, 5.41) is 19.7. The summed E-state index contributed by atoms with van der Waals surface area (Å²) in [4.78, 5) is 30.8. The van der Waals surface area contributed by atoms with E-state index in [9.17, 15) is 20.0 Å². The van der Waals surface area contributed by atoms with Crippen molar-refractivity contribution in [2.24, 2.45) is 0 Å². The number of benzene rings is 1. The molecule has 0 aliphatic carbocycles. The summed E-state index contributed by atoms with van der Waals surface area (Å²) in [5.74, 6) is -2.06. The summed E-state index contributed by atoms with van der Waals surface area (Å²) in [6.45, 7) is 1.64. The predicted molar refractivity (Wildman–Crippen MR) is 95.0 cm³/mol. The van der Waals surface area contributed by atoms with Gasteiger partial charge in [0, 0.05) is 22.5 Å². The third-order valence-corrected chi connectivity index (χ3v) is 4.81. The molecule has 27 heavy (non-hydrogen) atoms. The van der Waals surface area contributed by atoms with Gasteiger partial charge in [-0.25, -0.2) is 0 Å². The quantitative estimate of drug-likeness (QED) is 0.567. The summed E-state index contributed by atoms with van der Waals surface area (Å²) in [6, 6.07) is 7.22. The molecule has 3 rings (SSSR count). The van der Waals surface area contributed by atoms with Gasteiger partial charge in [-0.3, -0.25) is 9.78 Å². The number of carboxylic acid groups (broad SMARTS) is 1. The highest BCUT2D eigenvalue weighted by molar-refractivity contribution is 6.30. The van der Waals surface area contributed by atoms with Crippen molar-refractivity contribution in [3.63, 3.8) is 0 Å². The van der Waals surface area contributed by atoms with E-state index in [0.29, 0.717) is 16.3 Å². The maximum absolute atomic E-state index is 11.8. The number of hydrogen-bond donors (Lipinski definition) is 1. The Morgan fingerprint density at radius 2 is 2.19 bits per heavy atom. The van der Waals surface area contributed by atoms with Gasteiger partial charge in [-0.2, -0.15) is 0 Å². The van der Waals surface area contributed by atoms with Crippen molar-refractivity contribution in [1.29, 1.82) is 0 Å². The molecular formula is C18H17ClN2O6. The van der Waals surface area contributed by atoms with Crippen LogP contribution >= 0.6 is 11.6 Å². The van der Waals surface area contributed by atoms with Crippen LogP contribution in [0.4, 0.5) is 0 Å². The van der Waals surface area contributed by atoms with Crippen LogP contribution in [0.1, 0.15) is 46.4 Å². The molecule has 142 valence electrons. The molecule has 0 radical (unpaired) electrons. The van der Waals surface area contributed by atoms with E-state index in [4.69, 9.17) is 16.3 Å². The van der Waals surface area contributed by atoms with Crippen molar-refractivity contribution in [2.75, 3.05) is 6.61 Å². The number of carboxylic acids is 1. The highest BCUT2D eigenvalue weighted by Crippen LogP contribution is 2.40. The Hall–Kier alpha value is -2.71. The van der Waals surface area contributed by atoms with Crippen molar-refractivity contribution in [3.05, 3.63) is 73.5 Å². The van der Waals surface area contributed by atoms with Gasteiger partial charge in [0.2, 0.25) is 0 Å². The molecule has 9 heteroatoms. The van der Waals surface area contributed by atoms with Gasteiger partial charge in [-0.15, -0.1) is 10.1 Å². The number of aliphatic carboxylic acids is 1. The zero-order valence-corrected chi connectivity index (χ0v) is 15.2. The highest BCUT2D eigenvalue weighted by atomic mass is 35.5. The average Bonchev–Trinajstić information content (AvgIpc) is 3.04. The van der Waals surface area contributed by atoms with Crippen molar-refractivity contribution < 1.29 is 24.6 Å². The number of ether oxygens (including phenoxy) is 1. The SMILES string of the molecule is Cc1ncc2c(c1C(CCO[N+](=O)[O-])C(=O)O)CO[C@@H]2c1ccc(Cl)cc1. The Bertz CT molecular complexity index is 871. The Morgan fingerprint density at radius 1 is 1.48 bits per heavy atom. The van der Waals surface area contributed by atoms with Gasteiger partial charge in [-0.1, -0.05) is 23.7 Å². The van der Waals surface area contributed by atoms with E-state index in [2.05, 4.69) is 9.82 Å². The van der Waals surface area contributed by atoms with Crippen LogP contribution in [0.3, 0.4) is 0 Å². The van der Waals surface area contributed by atoms with Crippen molar-refractivity contribution in [3.8, 4) is 0 Å². The Morgan fingerprint density at radius 3 is 2.81 bits per heavy atom. The van der Waals surface area contributed by atoms with Crippen LogP contribution < -0.4 is 0 Å². The molecule has 0 saturated heterocycles. The molecule has 2 heterocycles. The van der Waals surface area contributed by atoms with Gasteiger partial charge in [-0.05, 0) is 42.2 Å². The van der Waals surface area contributed by atoms with E-state index in [1.54, 1.807) is 25.3 Å². The number of pyridine rings is 1. The second-order valence-electron chi connectivity index (χ2n) is 6.17. The van der Waals surface area contributed by atoms with Crippen LogP contribution in [0.5, 0.6) is 0 Å². The number of fused-ring (bicyclic) bond motifs is 1. The van der Waals surface area contributed by atoms with Crippen molar-refractivity contribution in [2.45, 2.75) is 32.0 Å². The van der Waals surface area contributed by atoms with E-state index in [-0.39, 0.29) is 25.7 Å². The fourth-order valence-corrected chi connectivity index (χ4v) is 3.47. The molecule has 1 aromatic heterocycles. The van der Waals surface area contributed by atoms with Crippen LogP contribution in [0, 0.1) is 17.0 Å². The molecule has 1 aromatic carbocycles. The van der Waals surface area contributed by atoms with Gasteiger partial charge >= 0.3 is 5.97 Å². The normalized spacial score (nSPS) is 16.6. The Kier molecular flexibility index (Phi) is 5.57. The van der Waals surface area contributed by atoms with Crippen LogP contribution in [-0.2, 0) is 21.0 Å². The van der Waals surface area contributed by atoms with Crippen molar-refractivity contribution in [1.82, 2.24) is 4.98 Å². The summed E-state index contributed by atoms with van der Waals surface area (Å²) in [6.07, 6.45) is 1.28. The fourth-order valence-electron chi connectivity index (χ4n) is 3.34. The molecule has 8 nitrogen and oxygen atoms in total. The van der Waals surface area contributed by atoms with E-state index in [1.807, 2.05) is 12.1 Å². The number of hydrogen-bond acceptors (Lipinski definition) is 6.